The first-order valence-electron chi connectivity index (χ1n) is 6.84. The predicted molar refractivity (Wildman–Crippen MR) is 92.0 cm³/mol. The topological polar surface area (TPSA) is 64.9 Å². The van der Waals surface area contributed by atoms with Gasteiger partial charge >= 0.3 is 0 Å². The van der Waals surface area contributed by atoms with Gasteiger partial charge in [0.1, 0.15) is 17.5 Å². The van der Waals surface area contributed by atoms with Crippen LogP contribution in [0.3, 0.4) is 0 Å². The third-order valence-corrected chi connectivity index (χ3v) is 3.72. The molecule has 7 heteroatoms. The van der Waals surface area contributed by atoms with E-state index in [1.54, 1.807) is 30.3 Å². The predicted octanol–water partition coefficient (Wildman–Crippen LogP) is 4.27. The summed E-state index contributed by atoms with van der Waals surface area (Å²) in [4.78, 5) is 12.0. The third kappa shape index (κ3) is 4.72. The molecular weight excluding hydrogens is 352 g/mol. The summed E-state index contributed by atoms with van der Waals surface area (Å²) in [5.74, 6) is -1.11. The van der Waals surface area contributed by atoms with Gasteiger partial charge in [0, 0.05) is 23.5 Å². The highest BCUT2D eigenvalue weighted by Gasteiger charge is 2.09. The quantitative estimate of drug-likeness (QED) is 0.615. The molecule has 0 bridgehead atoms. The number of nitrogens with one attached hydrogen (secondary N) is 2. The molecule has 24 heavy (non-hydrogen) atoms. The first-order valence-corrected chi connectivity index (χ1v) is 7.60. The van der Waals surface area contributed by atoms with E-state index in [1.165, 1.54) is 24.4 Å². The Kier molecular flexibility index (Phi) is 6.19. The highest BCUT2D eigenvalue weighted by atomic mass is 35.5. The summed E-state index contributed by atoms with van der Waals surface area (Å²) in [7, 11) is 0. The molecule has 2 rings (SSSR count). The lowest BCUT2D eigenvalue weighted by atomic mass is 10.2. The number of rotatable bonds is 5. The average Bonchev–Trinajstić information content (AvgIpc) is 2.57. The van der Waals surface area contributed by atoms with Crippen molar-refractivity contribution in [3.8, 4) is 6.07 Å². The Morgan fingerprint density at radius 3 is 2.62 bits per heavy atom. The number of benzene rings is 2. The van der Waals surface area contributed by atoms with Crippen LogP contribution in [0.1, 0.15) is 5.56 Å². The number of nitrogens with zero attached hydrogens (tertiary/aromatic N) is 1. The zero-order chi connectivity index (χ0) is 17.5. The fourth-order valence-electron chi connectivity index (χ4n) is 1.80. The molecule has 4 nitrogen and oxygen atoms in total. The molecule has 0 saturated carbocycles. The molecule has 2 aromatic carbocycles. The highest BCUT2D eigenvalue weighted by Crippen LogP contribution is 2.19. The van der Waals surface area contributed by atoms with E-state index in [-0.39, 0.29) is 17.1 Å². The Balaban J connectivity index is 2.01. The van der Waals surface area contributed by atoms with Gasteiger partial charge in [-0.05, 0) is 29.8 Å². The lowest BCUT2D eigenvalue weighted by Gasteiger charge is -2.07. The summed E-state index contributed by atoms with van der Waals surface area (Å²) in [6.07, 6.45) is 1.23. The van der Waals surface area contributed by atoms with Crippen molar-refractivity contribution in [3.63, 3.8) is 0 Å². The van der Waals surface area contributed by atoms with Gasteiger partial charge in [-0.3, -0.25) is 4.79 Å². The van der Waals surface area contributed by atoms with Gasteiger partial charge < -0.3 is 10.6 Å². The number of hydrogen-bond acceptors (Lipinski definition) is 3. The Hall–Kier alpha value is -2.55. The number of nitriles is 1. The first-order chi connectivity index (χ1) is 11.5. The Labute approximate surface area is 148 Å². The monoisotopic (exact) mass is 363 g/mol. The van der Waals surface area contributed by atoms with Crippen molar-refractivity contribution in [1.29, 1.82) is 5.26 Å². The van der Waals surface area contributed by atoms with Crippen LogP contribution in [0.15, 0.2) is 54.2 Å². The molecule has 2 N–H and O–H groups in total. The molecule has 0 aromatic heterocycles. The van der Waals surface area contributed by atoms with Gasteiger partial charge in [-0.15, -0.1) is 0 Å². The minimum absolute atomic E-state index is 0.0601. The molecule has 0 spiro atoms. The van der Waals surface area contributed by atoms with Crippen molar-refractivity contribution in [2.75, 3.05) is 5.32 Å². The average molecular weight is 364 g/mol. The van der Waals surface area contributed by atoms with Crippen LogP contribution in [0.5, 0.6) is 0 Å². The normalized spacial score (nSPS) is 10.8. The zero-order valence-corrected chi connectivity index (χ0v) is 13.8. The van der Waals surface area contributed by atoms with Gasteiger partial charge in [0.15, 0.2) is 0 Å². The van der Waals surface area contributed by atoms with Crippen molar-refractivity contribution in [1.82, 2.24) is 5.32 Å². The number of carbonyl (C=O) groups is 1. The summed E-state index contributed by atoms with van der Waals surface area (Å²) in [6.45, 7) is 0.194. The summed E-state index contributed by atoms with van der Waals surface area (Å²) in [5.41, 5.74) is 1.05. The minimum Gasteiger partial charge on any atom is -0.360 e. The standard InChI is InChI=1S/C17H12Cl2FN3O/c18-14-4-2-1-3-11(14)9-23-17(24)12(8-21)10-22-13-5-6-16(20)15(19)7-13/h1-7,10,22H,9H2,(H,23,24)/b12-10-. The molecular formula is C17H12Cl2FN3O. The second-order valence-electron chi connectivity index (χ2n) is 4.72. The van der Waals surface area contributed by atoms with E-state index in [0.29, 0.717) is 10.7 Å². The highest BCUT2D eigenvalue weighted by molar-refractivity contribution is 6.31. The van der Waals surface area contributed by atoms with Crippen molar-refractivity contribution >= 4 is 34.8 Å². The minimum atomic E-state index is -0.557. The fraction of sp³-hybridized carbons (Fsp3) is 0.0588. The number of halogens is 3. The van der Waals surface area contributed by atoms with Crippen LogP contribution in [-0.4, -0.2) is 5.91 Å². The molecule has 1 amide bonds. The lowest BCUT2D eigenvalue weighted by Crippen LogP contribution is -2.24. The van der Waals surface area contributed by atoms with E-state index in [0.717, 1.165) is 5.56 Å². The van der Waals surface area contributed by atoms with Gasteiger partial charge in [0.05, 0.1) is 5.02 Å². The summed E-state index contributed by atoms with van der Waals surface area (Å²) in [6, 6.07) is 12.8. The largest absolute Gasteiger partial charge is 0.360 e. The van der Waals surface area contributed by atoms with Gasteiger partial charge in [0.25, 0.3) is 5.91 Å². The number of amides is 1. The van der Waals surface area contributed by atoms with E-state index < -0.39 is 11.7 Å². The van der Waals surface area contributed by atoms with Crippen LogP contribution < -0.4 is 10.6 Å². The summed E-state index contributed by atoms with van der Waals surface area (Å²) < 4.78 is 13.1. The van der Waals surface area contributed by atoms with E-state index >= 15 is 0 Å². The van der Waals surface area contributed by atoms with Gasteiger partial charge in [0.2, 0.25) is 0 Å². The van der Waals surface area contributed by atoms with Crippen LogP contribution in [0.4, 0.5) is 10.1 Å². The van der Waals surface area contributed by atoms with Gasteiger partial charge in [-0.1, -0.05) is 41.4 Å². The first kappa shape index (κ1) is 17.8. The van der Waals surface area contributed by atoms with E-state index in [2.05, 4.69) is 10.6 Å². The molecule has 0 saturated heterocycles. The van der Waals surface area contributed by atoms with Crippen LogP contribution in [-0.2, 0) is 11.3 Å². The SMILES string of the molecule is N#C/C(=C/Nc1ccc(F)c(Cl)c1)C(=O)NCc1ccccc1Cl. The Morgan fingerprint density at radius 1 is 1.21 bits per heavy atom. The number of carbonyl (C=O) groups excluding carboxylic acids is 1. The number of hydrogen-bond donors (Lipinski definition) is 2. The molecule has 0 radical (unpaired) electrons. The molecule has 0 heterocycles. The lowest BCUT2D eigenvalue weighted by molar-refractivity contribution is -0.117. The second-order valence-corrected chi connectivity index (χ2v) is 5.53. The van der Waals surface area contributed by atoms with Gasteiger partial charge in [-0.2, -0.15) is 5.26 Å². The molecule has 122 valence electrons. The molecule has 0 aliphatic carbocycles. The van der Waals surface area contributed by atoms with Crippen molar-refractivity contribution < 1.29 is 9.18 Å². The number of anilines is 1. The van der Waals surface area contributed by atoms with E-state index in [9.17, 15) is 9.18 Å². The molecule has 0 fully saturated rings. The van der Waals surface area contributed by atoms with Crippen LogP contribution in [0, 0.1) is 17.1 Å². The molecule has 0 aliphatic heterocycles. The van der Waals surface area contributed by atoms with Crippen LogP contribution in [0.2, 0.25) is 10.0 Å². The Morgan fingerprint density at radius 2 is 1.96 bits per heavy atom. The van der Waals surface area contributed by atoms with Crippen LogP contribution >= 0.6 is 23.2 Å². The summed E-state index contributed by atoms with van der Waals surface area (Å²) >= 11 is 11.7. The second kappa shape index (κ2) is 8.34. The zero-order valence-electron chi connectivity index (χ0n) is 12.3. The third-order valence-electron chi connectivity index (χ3n) is 3.07. The maximum atomic E-state index is 13.1. The maximum absolute atomic E-state index is 13.1. The van der Waals surface area contributed by atoms with Crippen molar-refractivity contribution in [2.24, 2.45) is 0 Å². The van der Waals surface area contributed by atoms with E-state index in [4.69, 9.17) is 28.5 Å². The molecule has 0 atom stereocenters. The molecule has 0 unspecified atom stereocenters. The van der Waals surface area contributed by atoms with Crippen molar-refractivity contribution in [2.45, 2.75) is 6.54 Å². The van der Waals surface area contributed by atoms with Crippen LogP contribution in [0.25, 0.3) is 0 Å². The Bertz CT molecular complexity index is 831. The molecule has 0 aliphatic rings. The molecule has 2 aromatic rings. The van der Waals surface area contributed by atoms with Gasteiger partial charge in [-0.25, -0.2) is 4.39 Å². The summed E-state index contributed by atoms with van der Waals surface area (Å²) in [5, 5.41) is 14.9. The van der Waals surface area contributed by atoms with Crippen molar-refractivity contribution in [3.05, 3.63) is 75.7 Å². The maximum Gasteiger partial charge on any atom is 0.263 e. The smallest absolute Gasteiger partial charge is 0.263 e. The van der Waals surface area contributed by atoms with E-state index in [1.807, 2.05) is 0 Å². The fourth-order valence-corrected chi connectivity index (χ4v) is 2.19.